The van der Waals surface area contributed by atoms with Crippen LogP contribution in [0.3, 0.4) is 0 Å². The summed E-state index contributed by atoms with van der Waals surface area (Å²) in [6.07, 6.45) is 9.77. The molecule has 1 aromatic carbocycles. The van der Waals surface area contributed by atoms with Crippen molar-refractivity contribution in [1.82, 2.24) is 19.8 Å². The number of carbonyl (C=O) groups is 2. The summed E-state index contributed by atoms with van der Waals surface area (Å²) in [5.41, 5.74) is 9.19. The number of piperidine rings is 1. The lowest BCUT2D eigenvalue weighted by Crippen LogP contribution is -2.55. The highest BCUT2D eigenvalue weighted by Gasteiger charge is 2.45. The third-order valence-corrected chi connectivity index (χ3v) is 9.36. The van der Waals surface area contributed by atoms with Crippen LogP contribution in [0, 0.1) is 0 Å². The first-order valence-electron chi connectivity index (χ1n) is 13.6. The van der Waals surface area contributed by atoms with E-state index in [-0.39, 0.29) is 23.8 Å². The van der Waals surface area contributed by atoms with Crippen molar-refractivity contribution in [3.05, 3.63) is 59.2 Å². The van der Waals surface area contributed by atoms with Crippen LogP contribution >= 0.6 is 11.3 Å². The second-order valence-corrected chi connectivity index (χ2v) is 11.7. The minimum atomic E-state index is -0.0450. The van der Waals surface area contributed by atoms with Gasteiger partial charge in [0.05, 0.1) is 5.56 Å². The predicted molar refractivity (Wildman–Crippen MR) is 151 cm³/mol. The topological polar surface area (TPSA) is 95.7 Å². The molecule has 0 aliphatic carbocycles. The van der Waals surface area contributed by atoms with E-state index in [2.05, 4.69) is 20.9 Å². The number of benzene rings is 1. The Hall–Kier alpha value is -3.46. The largest absolute Gasteiger partial charge is 0.398 e. The first kappa shape index (κ1) is 24.9. The number of likely N-dealkylation sites (tertiary alicyclic amines) is 2. The molecule has 3 saturated heterocycles. The van der Waals surface area contributed by atoms with Crippen molar-refractivity contribution in [3.8, 4) is 10.4 Å². The van der Waals surface area contributed by atoms with E-state index in [4.69, 9.17) is 5.73 Å². The molecule has 3 fully saturated rings. The molecular formula is C29H34N6O2S. The summed E-state index contributed by atoms with van der Waals surface area (Å²) in [5, 5.41) is 2.04. The number of amides is 2. The fourth-order valence-corrected chi connectivity index (χ4v) is 6.95. The molecule has 2 N–H and O–H groups in total. The summed E-state index contributed by atoms with van der Waals surface area (Å²) in [5.74, 6) is 0.633. The number of nitrogens with two attached hydrogens (primary N) is 1. The molecule has 0 atom stereocenters. The Morgan fingerprint density at radius 3 is 2.37 bits per heavy atom. The molecule has 3 aromatic rings. The standard InChI is InChI=1S/C29H34N6O2S/c30-24-7-6-21(26-5-3-16-38-26)17-22(24)18-25(36)23-19-31-27(32-20-23)35-13-4-8-29(35)9-14-34(15-10-29)28(37)33-11-1-2-12-33/h3,5-7,16-17,19-20H,1-2,4,8-15,18,30H2. The number of nitrogen functional groups attached to an aromatic ring is 1. The summed E-state index contributed by atoms with van der Waals surface area (Å²) in [7, 11) is 0. The zero-order valence-electron chi connectivity index (χ0n) is 21.6. The van der Waals surface area contributed by atoms with E-state index in [1.807, 2.05) is 39.4 Å². The average Bonchev–Trinajstić information content (AvgIpc) is 3.73. The van der Waals surface area contributed by atoms with Crippen molar-refractivity contribution in [2.45, 2.75) is 50.5 Å². The van der Waals surface area contributed by atoms with Crippen molar-refractivity contribution < 1.29 is 9.59 Å². The van der Waals surface area contributed by atoms with Gasteiger partial charge in [-0.05, 0) is 73.2 Å². The van der Waals surface area contributed by atoms with Crippen molar-refractivity contribution in [3.63, 3.8) is 0 Å². The third-order valence-electron chi connectivity index (χ3n) is 8.44. The lowest BCUT2D eigenvalue weighted by atomic mass is 9.85. The van der Waals surface area contributed by atoms with Crippen molar-refractivity contribution in [1.29, 1.82) is 0 Å². The van der Waals surface area contributed by atoms with E-state index in [1.165, 1.54) is 0 Å². The third kappa shape index (κ3) is 4.75. The predicted octanol–water partition coefficient (Wildman–Crippen LogP) is 4.86. The molecule has 0 saturated carbocycles. The average molecular weight is 531 g/mol. The zero-order chi connectivity index (χ0) is 26.1. The molecule has 2 aromatic heterocycles. The van der Waals surface area contributed by atoms with Crippen LogP contribution in [0.4, 0.5) is 16.4 Å². The molecule has 0 unspecified atom stereocenters. The number of aromatic nitrogens is 2. The minimum Gasteiger partial charge on any atom is -0.398 e. The van der Waals surface area contributed by atoms with Gasteiger partial charge in [-0.25, -0.2) is 14.8 Å². The van der Waals surface area contributed by atoms with Crippen molar-refractivity contribution in [2.75, 3.05) is 43.4 Å². The number of rotatable bonds is 5. The van der Waals surface area contributed by atoms with Crippen LogP contribution in [0.15, 0.2) is 48.1 Å². The molecule has 198 valence electrons. The van der Waals surface area contributed by atoms with Crippen LogP contribution in [0.1, 0.15) is 54.4 Å². The lowest BCUT2D eigenvalue weighted by Gasteiger charge is -2.45. The fraction of sp³-hybridized carbons (Fsp3) is 0.448. The maximum Gasteiger partial charge on any atom is 0.320 e. The summed E-state index contributed by atoms with van der Waals surface area (Å²) in [6, 6.07) is 10.1. The number of hydrogen-bond acceptors (Lipinski definition) is 7. The quantitative estimate of drug-likeness (QED) is 0.374. The summed E-state index contributed by atoms with van der Waals surface area (Å²) in [4.78, 5) is 42.8. The van der Waals surface area contributed by atoms with E-state index in [0.717, 1.165) is 87.3 Å². The van der Waals surface area contributed by atoms with E-state index >= 15 is 0 Å². The molecule has 9 heteroatoms. The molecule has 6 rings (SSSR count). The maximum absolute atomic E-state index is 13.1. The number of urea groups is 1. The van der Waals surface area contributed by atoms with Crippen LogP contribution in [0.5, 0.6) is 0 Å². The number of hydrogen-bond donors (Lipinski definition) is 1. The number of thiophene rings is 1. The van der Waals surface area contributed by atoms with Gasteiger partial charge in [0.1, 0.15) is 0 Å². The van der Waals surface area contributed by atoms with Gasteiger partial charge in [-0.3, -0.25) is 4.79 Å². The van der Waals surface area contributed by atoms with E-state index < -0.39 is 0 Å². The highest BCUT2D eigenvalue weighted by atomic mass is 32.1. The SMILES string of the molecule is Nc1ccc(-c2cccs2)cc1CC(=O)c1cnc(N2CCCC23CCN(C(=O)N2CCCC2)CC3)nc1. The Balaban J connectivity index is 1.12. The smallest absolute Gasteiger partial charge is 0.320 e. The molecule has 5 heterocycles. The fourth-order valence-electron chi connectivity index (χ4n) is 6.23. The molecule has 3 aliphatic rings. The summed E-state index contributed by atoms with van der Waals surface area (Å²) >= 11 is 1.66. The van der Waals surface area contributed by atoms with Crippen molar-refractivity contribution >= 4 is 34.8 Å². The highest BCUT2D eigenvalue weighted by molar-refractivity contribution is 7.13. The summed E-state index contributed by atoms with van der Waals surface area (Å²) in [6.45, 7) is 4.22. The van der Waals surface area contributed by atoms with Gasteiger partial charge in [0, 0.05) is 67.6 Å². The van der Waals surface area contributed by atoms with Crippen LogP contribution in [0.25, 0.3) is 10.4 Å². The Labute approximate surface area is 227 Å². The Kier molecular flexibility index (Phi) is 6.78. The molecule has 8 nitrogen and oxygen atoms in total. The Morgan fingerprint density at radius 2 is 1.66 bits per heavy atom. The van der Waals surface area contributed by atoms with Crippen LogP contribution in [-0.2, 0) is 6.42 Å². The number of ketones is 1. The van der Waals surface area contributed by atoms with Gasteiger partial charge in [-0.15, -0.1) is 11.3 Å². The maximum atomic E-state index is 13.1. The number of nitrogens with zero attached hydrogens (tertiary/aromatic N) is 5. The van der Waals surface area contributed by atoms with Crippen LogP contribution < -0.4 is 10.6 Å². The molecule has 38 heavy (non-hydrogen) atoms. The molecule has 2 amide bonds. The van der Waals surface area contributed by atoms with Crippen LogP contribution in [0.2, 0.25) is 0 Å². The van der Waals surface area contributed by atoms with E-state index in [1.54, 1.807) is 23.7 Å². The summed E-state index contributed by atoms with van der Waals surface area (Å²) < 4.78 is 0. The minimum absolute atomic E-state index is 0.00992. The molecule has 0 radical (unpaired) electrons. The molecular weight excluding hydrogens is 496 g/mol. The zero-order valence-corrected chi connectivity index (χ0v) is 22.5. The van der Waals surface area contributed by atoms with Crippen LogP contribution in [-0.4, -0.2) is 69.8 Å². The van der Waals surface area contributed by atoms with E-state index in [0.29, 0.717) is 17.2 Å². The Morgan fingerprint density at radius 1 is 0.921 bits per heavy atom. The van der Waals surface area contributed by atoms with Gasteiger partial charge < -0.3 is 20.4 Å². The van der Waals surface area contributed by atoms with Gasteiger partial charge >= 0.3 is 6.03 Å². The highest BCUT2D eigenvalue weighted by Crippen LogP contribution is 2.40. The molecule has 3 aliphatic heterocycles. The second kappa shape index (κ2) is 10.4. The Bertz CT molecular complexity index is 1300. The van der Waals surface area contributed by atoms with Gasteiger partial charge in [-0.2, -0.15) is 0 Å². The molecule has 1 spiro atoms. The monoisotopic (exact) mass is 530 g/mol. The number of Topliss-reactive ketones (excluding diaryl/α,β-unsaturated/α-hetero) is 1. The van der Waals surface area contributed by atoms with Gasteiger partial charge in [0.25, 0.3) is 0 Å². The van der Waals surface area contributed by atoms with Gasteiger partial charge in [0.15, 0.2) is 5.78 Å². The van der Waals surface area contributed by atoms with Crippen molar-refractivity contribution in [2.24, 2.45) is 0 Å². The van der Waals surface area contributed by atoms with Gasteiger partial charge in [0.2, 0.25) is 5.95 Å². The second-order valence-electron chi connectivity index (χ2n) is 10.7. The number of carbonyl (C=O) groups excluding carboxylic acids is 2. The van der Waals surface area contributed by atoms with Gasteiger partial charge in [-0.1, -0.05) is 12.1 Å². The van der Waals surface area contributed by atoms with E-state index in [9.17, 15) is 9.59 Å². The molecule has 0 bridgehead atoms. The first-order valence-corrected chi connectivity index (χ1v) is 14.5. The first-order chi connectivity index (χ1) is 18.5. The number of anilines is 2. The normalized spacial score (nSPS) is 18.9. The lowest BCUT2D eigenvalue weighted by molar-refractivity contribution is 0.0992.